The van der Waals surface area contributed by atoms with Crippen molar-refractivity contribution in [2.75, 3.05) is 6.54 Å². The van der Waals surface area contributed by atoms with Crippen molar-refractivity contribution in [1.29, 1.82) is 5.26 Å². The summed E-state index contributed by atoms with van der Waals surface area (Å²) in [5, 5.41) is 13.3. The smallest absolute Gasteiger partial charge is 0.425 e. The zero-order valence-corrected chi connectivity index (χ0v) is 18.5. The second-order valence-corrected chi connectivity index (χ2v) is 8.07. The average Bonchev–Trinajstić information content (AvgIpc) is 3.22. The fraction of sp³-hybridized carbons (Fsp3) is 0.261. The Balaban J connectivity index is 1.64. The van der Waals surface area contributed by atoms with Gasteiger partial charge in [0.25, 0.3) is 5.91 Å². The van der Waals surface area contributed by atoms with E-state index in [-0.39, 0.29) is 40.8 Å². The van der Waals surface area contributed by atoms with Crippen molar-refractivity contribution in [2.24, 2.45) is 0 Å². The Kier molecular flexibility index (Phi) is 6.23. The Morgan fingerprint density at radius 3 is 2.59 bits per heavy atom. The molecule has 2 heterocycles. The Morgan fingerprint density at radius 1 is 1.24 bits per heavy atom. The van der Waals surface area contributed by atoms with Gasteiger partial charge in [-0.3, -0.25) is 4.79 Å². The number of halogens is 5. The van der Waals surface area contributed by atoms with Gasteiger partial charge in [0.15, 0.2) is 6.10 Å². The van der Waals surface area contributed by atoms with Gasteiger partial charge in [-0.2, -0.15) is 23.5 Å². The van der Waals surface area contributed by atoms with Gasteiger partial charge in [-0.25, -0.2) is 9.07 Å². The predicted octanol–water partition coefficient (Wildman–Crippen LogP) is 5.06. The number of ether oxygens (including phenoxy) is 1. The molecule has 0 saturated carbocycles. The number of carbonyl (C=O) groups is 1. The van der Waals surface area contributed by atoms with Crippen molar-refractivity contribution in [3.8, 4) is 17.5 Å². The highest BCUT2D eigenvalue weighted by Gasteiger charge is 2.39. The zero-order valence-electron chi connectivity index (χ0n) is 17.7. The third kappa shape index (κ3) is 4.43. The number of amides is 1. The summed E-state index contributed by atoms with van der Waals surface area (Å²) >= 11 is 6.24. The second kappa shape index (κ2) is 8.99. The van der Waals surface area contributed by atoms with Gasteiger partial charge in [0, 0.05) is 25.1 Å². The van der Waals surface area contributed by atoms with Crippen LogP contribution in [0.1, 0.15) is 34.1 Å². The van der Waals surface area contributed by atoms with Gasteiger partial charge in [-0.1, -0.05) is 11.6 Å². The molecule has 1 unspecified atom stereocenters. The number of alkyl halides is 3. The highest BCUT2D eigenvalue weighted by atomic mass is 35.5. The molecule has 0 bridgehead atoms. The van der Waals surface area contributed by atoms with Crippen LogP contribution in [0.15, 0.2) is 42.6 Å². The highest BCUT2D eigenvalue weighted by molar-refractivity contribution is 6.35. The van der Waals surface area contributed by atoms with Gasteiger partial charge < -0.3 is 9.64 Å². The van der Waals surface area contributed by atoms with E-state index in [1.807, 2.05) is 6.07 Å². The van der Waals surface area contributed by atoms with E-state index in [0.29, 0.717) is 12.1 Å². The van der Waals surface area contributed by atoms with Gasteiger partial charge in [0.2, 0.25) is 0 Å². The lowest BCUT2D eigenvalue weighted by Crippen LogP contribution is -2.37. The molecule has 0 fully saturated rings. The molecule has 2 aromatic carbocycles. The van der Waals surface area contributed by atoms with Crippen molar-refractivity contribution in [3.63, 3.8) is 0 Å². The molecular formula is C23H17ClF4N4O2. The molecule has 1 aromatic heterocycles. The second-order valence-electron chi connectivity index (χ2n) is 7.70. The van der Waals surface area contributed by atoms with E-state index in [2.05, 4.69) is 5.10 Å². The summed E-state index contributed by atoms with van der Waals surface area (Å²) in [7, 11) is 0. The number of fused-ring (bicyclic) bond motifs is 1. The maximum Gasteiger partial charge on any atom is 0.425 e. The number of aromatic nitrogens is 2. The molecule has 4 rings (SSSR count). The standard InChI is InChI=1S/C23H17ClF4N4O2/c1-13(23(26,27)28)34-19-7-2-14(10-29)21(24)20(19)22(33)31-9-8-18-15(12-31)11-30-32(18)17-5-3-16(25)4-6-17/h2-7,11,13H,8-9,12H2,1H3. The number of nitriles is 1. The number of nitrogens with zero attached hydrogens (tertiary/aromatic N) is 4. The van der Waals surface area contributed by atoms with Crippen LogP contribution in [0.5, 0.6) is 5.75 Å². The van der Waals surface area contributed by atoms with Crippen LogP contribution in [0.3, 0.4) is 0 Å². The van der Waals surface area contributed by atoms with E-state index in [9.17, 15) is 27.6 Å². The average molecular weight is 493 g/mol. The maximum absolute atomic E-state index is 13.4. The van der Waals surface area contributed by atoms with Crippen LogP contribution >= 0.6 is 11.6 Å². The Morgan fingerprint density at radius 2 is 1.94 bits per heavy atom. The summed E-state index contributed by atoms with van der Waals surface area (Å²) in [4.78, 5) is 14.8. The van der Waals surface area contributed by atoms with Gasteiger partial charge in [-0.15, -0.1) is 0 Å². The summed E-state index contributed by atoms with van der Waals surface area (Å²) in [5.41, 5.74) is 1.85. The number of carbonyl (C=O) groups excluding carboxylic acids is 1. The van der Waals surface area contributed by atoms with E-state index < -0.39 is 18.2 Å². The van der Waals surface area contributed by atoms with Crippen LogP contribution in [0.2, 0.25) is 5.02 Å². The van der Waals surface area contributed by atoms with E-state index in [1.54, 1.807) is 23.0 Å². The molecule has 11 heteroatoms. The van der Waals surface area contributed by atoms with Crippen LogP contribution in [0.25, 0.3) is 5.69 Å². The lowest BCUT2D eigenvalue weighted by molar-refractivity contribution is -0.189. The molecule has 0 aliphatic carbocycles. The molecule has 1 amide bonds. The molecule has 34 heavy (non-hydrogen) atoms. The summed E-state index contributed by atoms with van der Waals surface area (Å²) in [5.74, 6) is -1.39. The van der Waals surface area contributed by atoms with Crippen molar-refractivity contribution in [3.05, 3.63) is 75.8 Å². The first-order chi connectivity index (χ1) is 16.1. The molecule has 0 saturated heterocycles. The number of rotatable bonds is 4. The monoisotopic (exact) mass is 492 g/mol. The fourth-order valence-corrected chi connectivity index (χ4v) is 3.95. The van der Waals surface area contributed by atoms with E-state index in [1.165, 1.54) is 23.1 Å². The van der Waals surface area contributed by atoms with Crippen LogP contribution < -0.4 is 4.74 Å². The lowest BCUT2D eigenvalue weighted by Gasteiger charge is -2.29. The maximum atomic E-state index is 13.4. The molecule has 1 atom stereocenters. The molecule has 1 aliphatic heterocycles. The number of benzene rings is 2. The summed E-state index contributed by atoms with van der Waals surface area (Å²) in [6.45, 7) is 1.16. The van der Waals surface area contributed by atoms with Crippen molar-refractivity contribution in [1.82, 2.24) is 14.7 Å². The first-order valence-corrected chi connectivity index (χ1v) is 10.5. The third-order valence-corrected chi connectivity index (χ3v) is 5.89. The van der Waals surface area contributed by atoms with Crippen molar-refractivity contribution >= 4 is 17.5 Å². The van der Waals surface area contributed by atoms with Crippen LogP contribution in [-0.2, 0) is 13.0 Å². The fourth-order valence-electron chi connectivity index (χ4n) is 3.67. The molecular weight excluding hydrogens is 476 g/mol. The normalized spacial score (nSPS) is 14.3. The van der Waals surface area contributed by atoms with Crippen molar-refractivity contribution < 1.29 is 27.1 Å². The van der Waals surface area contributed by atoms with Crippen LogP contribution in [0, 0.1) is 17.1 Å². The zero-order chi connectivity index (χ0) is 24.6. The van der Waals surface area contributed by atoms with Gasteiger partial charge in [0.1, 0.15) is 23.2 Å². The topological polar surface area (TPSA) is 71.2 Å². The minimum atomic E-state index is -4.66. The molecule has 3 aromatic rings. The van der Waals surface area contributed by atoms with E-state index >= 15 is 0 Å². The summed E-state index contributed by atoms with van der Waals surface area (Å²) < 4.78 is 59.1. The third-order valence-electron chi connectivity index (χ3n) is 5.50. The van der Waals surface area contributed by atoms with E-state index in [0.717, 1.165) is 24.2 Å². The molecule has 0 N–H and O–H groups in total. The van der Waals surface area contributed by atoms with Crippen LogP contribution in [-0.4, -0.2) is 39.4 Å². The van der Waals surface area contributed by atoms with Crippen molar-refractivity contribution in [2.45, 2.75) is 32.2 Å². The van der Waals surface area contributed by atoms with E-state index in [4.69, 9.17) is 16.3 Å². The minimum Gasteiger partial charge on any atom is -0.480 e. The molecule has 1 aliphatic rings. The Hall–Kier alpha value is -3.58. The summed E-state index contributed by atoms with van der Waals surface area (Å²) in [6.07, 6.45) is -4.88. The number of hydrogen-bond acceptors (Lipinski definition) is 4. The largest absolute Gasteiger partial charge is 0.480 e. The SMILES string of the molecule is CC(Oc1ccc(C#N)c(Cl)c1C(=O)N1CCc2c(cnn2-c2ccc(F)cc2)C1)C(F)(F)F. The highest BCUT2D eigenvalue weighted by Crippen LogP contribution is 2.35. The minimum absolute atomic E-state index is 0.0566. The first kappa shape index (κ1) is 23.6. The summed E-state index contributed by atoms with van der Waals surface area (Å²) in [6, 6.07) is 9.97. The number of hydrogen-bond donors (Lipinski definition) is 0. The Labute approximate surface area is 196 Å². The Bertz CT molecular complexity index is 1280. The predicted molar refractivity (Wildman–Crippen MR) is 114 cm³/mol. The first-order valence-electron chi connectivity index (χ1n) is 10.2. The van der Waals surface area contributed by atoms with Gasteiger partial charge >= 0.3 is 6.18 Å². The lowest BCUT2D eigenvalue weighted by atomic mass is 10.0. The molecule has 0 spiro atoms. The molecule has 6 nitrogen and oxygen atoms in total. The molecule has 0 radical (unpaired) electrons. The van der Waals surface area contributed by atoms with Gasteiger partial charge in [-0.05, 0) is 43.3 Å². The van der Waals surface area contributed by atoms with Crippen LogP contribution in [0.4, 0.5) is 17.6 Å². The van der Waals surface area contributed by atoms with Gasteiger partial charge in [0.05, 0.1) is 28.2 Å². The molecule has 176 valence electrons. The quantitative estimate of drug-likeness (QED) is 0.477.